The highest BCUT2D eigenvalue weighted by Gasteiger charge is 2.12. The van der Waals surface area contributed by atoms with Crippen LogP contribution >= 0.6 is 0 Å². The number of hydrogen-bond donors (Lipinski definition) is 1. The fraction of sp³-hybridized carbons (Fsp3) is 0.438. The van der Waals surface area contributed by atoms with E-state index in [0.717, 1.165) is 41.5 Å². The highest BCUT2D eigenvalue weighted by molar-refractivity contribution is 5.93. The molecule has 0 radical (unpaired) electrons. The van der Waals surface area contributed by atoms with Crippen LogP contribution in [0.1, 0.15) is 38.8 Å². The summed E-state index contributed by atoms with van der Waals surface area (Å²) < 4.78 is 0. The number of rotatable bonds is 6. The summed E-state index contributed by atoms with van der Waals surface area (Å²) in [7, 11) is 0. The number of hydrogen-bond acceptors (Lipinski definition) is 4. The molecule has 1 N–H and O–H groups in total. The summed E-state index contributed by atoms with van der Waals surface area (Å²) in [5, 5.41) is 15.2. The molecular weight excluding hydrogens is 266 g/mol. The van der Waals surface area contributed by atoms with Gasteiger partial charge in [-0.05, 0) is 32.4 Å². The predicted octanol–water partition coefficient (Wildman–Crippen LogP) is 4.44. The molecule has 0 bridgehead atoms. The summed E-state index contributed by atoms with van der Waals surface area (Å²) in [5.41, 5.74) is 2.70. The Hall–Kier alpha value is -2.17. The molecule has 1 atom stereocenters. The fourth-order valence-corrected chi connectivity index (χ4v) is 2.43. The highest BCUT2D eigenvalue weighted by atomic mass is 16.6. The molecule has 0 amide bonds. The Morgan fingerprint density at radius 3 is 2.81 bits per heavy atom. The van der Waals surface area contributed by atoms with E-state index < -0.39 is 0 Å². The lowest BCUT2D eigenvalue weighted by molar-refractivity contribution is -0.384. The molecule has 0 saturated heterocycles. The van der Waals surface area contributed by atoms with Crippen LogP contribution in [0.5, 0.6) is 0 Å². The molecule has 1 aromatic carbocycles. The second-order valence-corrected chi connectivity index (χ2v) is 5.46. The third-order valence-corrected chi connectivity index (χ3v) is 3.52. The van der Waals surface area contributed by atoms with E-state index in [4.69, 9.17) is 0 Å². The van der Waals surface area contributed by atoms with Crippen LogP contribution in [0.25, 0.3) is 10.9 Å². The van der Waals surface area contributed by atoms with Crippen LogP contribution < -0.4 is 5.32 Å². The number of fused-ring (bicyclic) bond motifs is 1. The number of nitro groups is 1. The summed E-state index contributed by atoms with van der Waals surface area (Å²) in [5.74, 6) is 0. The molecule has 0 fully saturated rings. The smallest absolute Gasteiger partial charge is 0.270 e. The van der Waals surface area contributed by atoms with Gasteiger partial charge in [0, 0.05) is 34.9 Å². The lowest BCUT2D eigenvalue weighted by Gasteiger charge is -2.17. The summed E-state index contributed by atoms with van der Waals surface area (Å²) in [6.07, 6.45) is 3.40. The first-order valence-electron chi connectivity index (χ1n) is 7.33. The molecule has 1 unspecified atom stereocenters. The Labute approximate surface area is 124 Å². The molecule has 0 aliphatic heterocycles. The number of nitrogens with zero attached hydrogens (tertiary/aromatic N) is 2. The molecule has 0 aliphatic carbocycles. The van der Waals surface area contributed by atoms with Gasteiger partial charge in [-0.3, -0.25) is 15.1 Å². The third-order valence-electron chi connectivity index (χ3n) is 3.52. The number of nitro benzene ring substituents is 1. The van der Waals surface area contributed by atoms with Crippen molar-refractivity contribution < 1.29 is 4.92 Å². The zero-order chi connectivity index (χ0) is 15.4. The number of pyridine rings is 1. The summed E-state index contributed by atoms with van der Waals surface area (Å²) in [6, 6.07) is 7.08. The number of benzene rings is 1. The number of non-ortho nitro benzene ring substituents is 1. The van der Waals surface area contributed by atoms with Crippen LogP contribution in [0.2, 0.25) is 0 Å². The number of aryl methyl sites for hydroxylation is 1. The van der Waals surface area contributed by atoms with E-state index >= 15 is 0 Å². The Morgan fingerprint density at radius 2 is 2.14 bits per heavy atom. The van der Waals surface area contributed by atoms with Crippen LogP contribution in [-0.4, -0.2) is 15.9 Å². The molecule has 112 valence electrons. The minimum Gasteiger partial charge on any atom is -0.382 e. The van der Waals surface area contributed by atoms with Gasteiger partial charge in [0.05, 0.1) is 10.4 Å². The summed E-state index contributed by atoms with van der Waals surface area (Å²) >= 11 is 0. The van der Waals surface area contributed by atoms with Crippen LogP contribution in [0.15, 0.2) is 24.3 Å². The van der Waals surface area contributed by atoms with Crippen molar-refractivity contribution in [3.63, 3.8) is 0 Å². The van der Waals surface area contributed by atoms with E-state index in [2.05, 4.69) is 24.1 Å². The third kappa shape index (κ3) is 3.68. The Balaban J connectivity index is 2.40. The van der Waals surface area contributed by atoms with E-state index in [1.54, 1.807) is 12.1 Å². The summed E-state index contributed by atoms with van der Waals surface area (Å²) in [6.45, 7) is 6.24. The Morgan fingerprint density at radius 1 is 1.38 bits per heavy atom. The van der Waals surface area contributed by atoms with Crippen LogP contribution in [-0.2, 0) is 0 Å². The normalized spacial score (nSPS) is 12.3. The summed E-state index contributed by atoms with van der Waals surface area (Å²) in [4.78, 5) is 15.0. The molecule has 0 aliphatic rings. The fourth-order valence-electron chi connectivity index (χ4n) is 2.43. The number of anilines is 1. The minimum absolute atomic E-state index is 0.0948. The van der Waals surface area contributed by atoms with E-state index in [0.29, 0.717) is 6.04 Å². The van der Waals surface area contributed by atoms with Gasteiger partial charge in [0.1, 0.15) is 0 Å². The largest absolute Gasteiger partial charge is 0.382 e. The maximum Gasteiger partial charge on any atom is 0.270 e. The Bertz CT molecular complexity index is 655. The second-order valence-electron chi connectivity index (χ2n) is 5.46. The zero-order valence-corrected chi connectivity index (χ0v) is 12.7. The zero-order valence-electron chi connectivity index (χ0n) is 12.7. The van der Waals surface area contributed by atoms with Gasteiger partial charge in [0.25, 0.3) is 5.69 Å². The molecule has 2 aromatic rings. The topological polar surface area (TPSA) is 68.1 Å². The van der Waals surface area contributed by atoms with Crippen molar-refractivity contribution in [2.75, 3.05) is 5.32 Å². The van der Waals surface area contributed by atoms with E-state index in [1.807, 2.05) is 13.0 Å². The highest BCUT2D eigenvalue weighted by Crippen LogP contribution is 2.28. The van der Waals surface area contributed by atoms with E-state index in [9.17, 15) is 10.1 Å². The van der Waals surface area contributed by atoms with Crippen molar-refractivity contribution in [3.8, 4) is 0 Å². The molecule has 0 saturated carbocycles. The molecule has 0 spiro atoms. The lowest BCUT2D eigenvalue weighted by Crippen LogP contribution is -2.15. The van der Waals surface area contributed by atoms with Crippen LogP contribution in [0, 0.1) is 17.0 Å². The lowest BCUT2D eigenvalue weighted by atomic mass is 10.1. The molecule has 5 heteroatoms. The first kappa shape index (κ1) is 15.2. The van der Waals surface area contributed by atoms with Crippen LogP contribution in [0.3, 0.4) is 0 Å². The monoisotopic (exact) mass is 287 g/mol. The van der Waals surface area contributed by atoms with Gasteiger partial charge in [0.15, 0.2) is 0 Å². The molecule has 5 nitrogen and oxygen atoms in total. The predicted molar refractivity (Wildman–Crippen MR) is 85.7 cm³/mol. The number of aromatic nitrogens is 1. The minimum atomic E-state index is -0.371. The van der Waals surface area contributed by atoms with Gasteiger partial charge >= 0.3 is 0 Å². The van der Waals surface area contributed by atoms with Gasteiger partial charge in [0.2, 0.25) is 0 Å². The molecule has 1 aromatic heterocycles. The SMILES string of the molecule is CCCCC(C)Nc1cc(C)nc2ccc([N+](=O)[O-])cc12. The van der Waals surface area contributed by atoms with Crippen molar-refractivity contribution in [2.24, 2.45) is 0 Å². The first-order chi connectivity index (χ1) is 10.0. The van der Waals surface area contributed by atoms with E-state index in [1.165, 1.54) is 6.07 Å². The van der Waals surface area contributed by atoms with Gasteiger partial charge in [-0.15, -0.1) is 0 Å². The Kier molecular flexibility index (Phi) is 4.73. The molecule has 21 heavy (non-hydrogen) atoms. The van der Waals surface area contributed by atoms with Gasteiger partial charge in [-0.25, -0.2) is 0 Å². The van der Waals surface area contributed by atoms with Crippen LogP contribution in [0.4, 0.5) is 11.4 Å². The molecule has 1 heterocycles. The number of nitrogens with one attached hydrogen (secondary N) is 1. The van der Waals surface area contributed by atoms with Crippen molar-refractivity contribution >= 4 is 22.3 Å². The van der Waals surface area contributed by atoms with Gasteiger partial charge in [-0.1, -0.05) is 19.8 Å². The average molecular weight is 287 g/mol. The van der Waals surface area contributed by atoms with Crippen molar-refractivity contribution in [1.82, 2.24) is 4.98 Å². The maximum atomic E-state index is 11.0. The van der Waals surface area contributed by atoms with Gasteiger partial charge in [-0.2, -0.15) is 0 Å². The standard InChI is InChI=1S/C16H21N3O2/c1-4-5-6-11(2)17-16-9-12(3)18-15-8-7-13(19(20)21)10-14(15)16/h7-11H,4-6H2,1-3H3,(H,17,18). The van der Waals surface area contributed by atoms with Gasteiger partial charge < -0.3 is 5.32 Å². The van der Waals surface area contributed by atoms with Crippen molar-refractivity contribution in [2.45, 2.75) is 46.1 Å². The van der Waals surface area contributed by atoms with Crippen molar-refractivity contribution in [3.05, 3.63) is 40.1 Å². The second kappa shape index (κ2) is 6.52. The first-order valence-corrected chi connectivity index (χ1v) is 7.33. The molecular formula is C16H21N3O2. The van der Waals surface area contributed by atoms with Crippen molar-refractivity contribution in [1.29, 1.82) is 0 Å². The average Bonchev–Trinajstić information content (AvgIpc) is 2.44. The molecule has 2 rings (SSSR count). The quantitative estimate of drug-likeness (QED) is 0.630. The number of unbranched alkanes of at least 4 members (excludes halogenated alkanes) is 1. The maximum absolute atomic E-state index is 11.0. The van der Waals surface area contributed by atoms with E-state index in [-0.39, 0.29) is 10.6 Å².